The average molecular weight is 380 g/mol. The van der Waals surface area contributed by atoms with Crippen molar-refractivity contribution in [3.63, 3.8) is 0 Å². The third-order valence-corrected chi connectivity index (χ3v) is 4.89. The predicted octanol–water partition coefficient (Wildman–Crippen LogP) is 0.521. The second-order valence-corrected chi connectivity index (χ2v) is 6.84. The molecule has 2 aliphatic rings. The van der Waals surface area contributed by atoms with Gasteiger partial charge in [0.25, 0.3) is 11.8 Å². The molecule has 9 heteroatoms. The highest BCUT2D eigenvalue weighted by molar-refractivity contribution is 6.05. The number of carbonyl (C=O) groups is 3. The molecule has 1 fully saturated rings. The van der Waals surface area contributed by atoms with Gasteiger partial charge in [0.15, 0.2) is 0 Å². The number of amides is 3. The summed E-state index contributed by atoms with van der Waals surface area (Å²) in [6, 6.07) is 4.43. The number of hydrogen-bond donors (Lipinski definition) is 3. The van der Waals surface area contributed by atoms with Gasteiger partial charge in [0.05, 0.1) is 6.54 Å². The number of piperidine rings is 1. The van der Waals surface area contributed by atoms with E-state index in [1.165, 1.54) is 4.90 Å². The van der Waals surface area contributed by atoms with Crippen molar-refractivity contribution in [2.75, 3.05) is 13.1 Å². The van der Waals surface area contributed by atoms with Crippen LogP contribution in [-0.4, -0.2) is 47.7 Å². The van der Waals surface area contributed by atoms with Crippen molar-refractivity contribution in [2.45, 2.75) is 44.3 Å². The molecular weight excluding hydrogens is 358 g/mol. The lowest BCUT2D eigenvalue weighted by Crippen LogP contribution is -2.52. The summed E-state index contributed by atoms with van der Waals surface area (Å²) in [5.41, 5.74) is 7.11. The van der Waals surface area contributed by atoms with Gasteiger partial charge in [0.1, 0.15) is 6.04 Å². The fourth-order valence-electron chi connectivity index (χ4n) is 3.50. The first-order valence-corrected chi connectivity index (χ1v) is 8.86. The number of nitrogens with zero attached hydrogens (tertiary/aromatic N) is 1. The second kappa shape index (κ2) is 7.69. The van der Waals surface area contributed by atoms with Gasteiger partial charge in [0, 0.05) is 31.5 Å². The van der Waals surface area contributed by atoms with Gasteiger partial charge in [-0.3, -0.25) is 19.7 Å². The Morgan fingerprint density at radius 1 is 1.30 bits per heavy atom. The normalized spacial score (nSPS) is 20.0. The maximum absolute atomic E-state index is 13.6. The molecule has 1 aromatic rings. The smallest absolute Gasteiger partial charge is 0.261 e. The molecule has 7 nitrogen and oxygen atoms in total. The van der Waals surface area contributed by atoms with E-state index in [0.717, 1.165) is 11.1 Å². The molecule has 1 unspecified atom stereocenters. The minimum absolute atomic E-state index is 0.0924. The van der Waals surface area contributed by atoms with Crippen LogP contribution in [0.3, 0.4) is 0 Å². The number of imide groups is 1. The van der Waals surface area contributed by atoms with E-state index in [9.17, 15) is 23.2 Å². The van der Waals surface area contributed by atoms with Crippen molar-refractivity contribution in [3.05, 3.63) is 34.9 Å². The van der Waals surface area contributed by atoms with E-state index in [4.69, 9.17) is 5.73 Å². The van der Waals surface area contributed by atoms with Gasteiger partial charge in [-0.05, 0) is 30.2 Å². The summed E-state index contributed by atoms with van der Waals surface area (Å²) in [6.07, 6.45) is 0.0686. The average Bonchev–Trinajstić information content (AvgIpc) is 2.93. The lowest BCUT2D eigenvalue weighted by atomic mass is 10.0. The Hall–Kier alpha value is -2.39. The summed E-state index contributed by atoms with van der Waals surface area (Å²) in [5.74, 6) is -3.99. The number of benzene rings is 1. The fourth-order valence-corrected chi connectivity index (χ4v) is 3.50. The molecule has 146 valence electrons. The van der Waals surface area contributed by atoms with Gasteiger partial charge in [-0.2, -0.15) is 0 Å². The van der Waals surface area contributed by atoms with Crippen molar-refractivity contribution in [2.24, 2.45) is 5.73 Å². The van der Waals surface area contributed by atoms with Gasteiger partial charge in [-0.1, -0.05) is 12.1 Å². The number of carbonyl (C=O) groups excluding carboxylic acids is 3. The Morgan fingerprint density at radius 2 is 2.07 bits per heavy atom. The molecule has 1 atom stereocenters. The largest absolute Gasteiger partial charge is 0.330 e. The van der Waals surface area contributed by atoms with Crippen LogP contribution in [0.15, 0.2) is 18.2 Å². The highest BCUT2D eigenvalue weighted by atomic mass is 19.3. The van der Waals surface area contributed by atoms with Crippen molar-refractivity contribution < 1.29 is 23.2 Å². The quantitative estimate of drug-likeness (QED) is 0.599. The minimum Gasteiger partial charge on any atom is -0.330 e. The number of nitrogens with two attached hydrogens (primary N) is 1. The Balaban J connectivity index is 1.70. The van der Waals surface area contributed by atoms with Crippen LogP contribution in [0.5, 0.6) is 0 Å². The predicted molar refractivity (Wildman–Crippen MR) is 92.8 cm³/mol. The summed E-state index contributed by atoms with van der Waals surface area (Å²) in [6.45, 7) is -0.194. The SMILES string of the molecule is NCCC(F)(F)CNCc1cccc2c1CN(C1CCC(=O)NC1=O)C2=O. The first-order chi connectivity index (χ1) is 12.8. The first kappa shape index (κ1) is 19.4. The summed E-state index contributed by atoms with van der Waals surface area (Å²) < 4.78 is 27.1. The molecule has 0 saturated carbocycles. The number of halogens is 2. The highest BCUT2D eigenvalue weighted by Gasteiger charge is 2.39. The first-order valence-electron chi connectivity index (χ1n) is 8.86. The number of alkyl halides is 2. The highest BCUT2D eigenvalue weighted by Crippen LogP contribution is 2.30. The Morgan fingerprint density at radius 3 is 2.78 bits per heavy atom. The Kier molecular flexibility index (Phi) is 5.52. The topological polar surface area (TPSA) is 105 Å². The van der Waals surface area contributed by atoms with E-state index in [-0.39, 0.29) is 44.3 Å². The molecule has 3 rings (SSSR count). The Bertz CT molecular complexity index is 769. The maximum atomic E-state index is 13.6. The van der Waals surface area contributed by atoms with Gasteiger partial charge in [0.2, 0.25) is 11.8 Å². The number of fused-ring (bicyclic) bond motifs is 1. The number of hydrogen-bond acceptors (Lipinski definition) is 5. The van der Waals surface area contributed by atoms with Gasteiger partial charge in [-0.25, -0.2) is 8.78 Å². The molecule has 0 bridgehead atoms. The van der Waals surface area contributed by atoms with Crippen molar-refractivity contribution >= 4 is 17.7 Å². The molecule has 0 spiro atoms. The van der Waals surface area contributed by atoms with Crippen LogP contribution >= 0.6 is 0 Å². The van der Waals surface area contributed by atoms with E-state index in [2.05, 4.69) is 10.6 Å². The monoisotopic (exact) mass is 380 g/mol. The minimum atomic E-state index is -2.89. The number of nitrogens with one attached hydrogen (secondary N) is 2. The van der Waals surface area contributed by atoms with Crippen LogP contribution in [0.4, 0.5) is 8.78 Å². The zero-order valence-electron chi connectivity index (χ0n) is 14.8. The zero-order valence-corrected chi connectivity index (χ0v) is 14.8. The molecular formula is C18H22F2N4O3. The lowest BCUT2D eigenvalue weighted by Gasteiger charge is -2.29. The van der Waals surface area contributed by atoms with E-state index in [0.29, 0.717) is 5.56 Å². The van der Waals surface area contributed by atoms with Crippen LogP contribution in [-0.2, 0) is 22.7 Å². The van der Waals surface area contributed by atoms with E-state index >= 15 is 0 Å². The van der Waals surface area contributed by atoms with Gasteiger partial charge >= 0.3 is 0 Å². The molecule has 2 aliphatic heterocycles. The summed E-state index contributed by atoms with van der Waals surface area (Å²) in [4.78, 5) is 37.5. The summed E-state index contributed by atoms with van der Waals surface area (Å²) in [7, 11) is 0. The molecule has 1 saturated heterocycles. The molecule has 0 aliphatic carbocycles. The van der Waals surface area contributed by atoms with Crippen LogP contribution < -0.4 is 16.4 Å². The number of rotatable bonds is 7. The van der Waals surface area contributed by atoms with Crippen LogP contribution in [0, 0.1) is 0 Å². The van der Waals surface area contributed by atoms with Crippen LogP contribution in [0.1, 0.15) is 40.7 Å². The van der Waals surface area contributed by atoms with Crippen molar-refractivity contribution in [3.8, 4) is 0 Å². The van der Waals surface area contributed by atoms with E-state index in [1.54, 1.807) is 18.2 Å². The van der Waals surface area contributed by atoms with Crippen LogP contribution in [0.25, 0.3) is 0 Å². The third kappa shape index (κ3) is 4.14. The van der Waals surface area contributed by atoms with Gasteiger partial charge < -0.3 is 16.0 Å². The zero-order chi connectivity index (χ0) is 19.6. The molecule has 1 aromatic carbocycles. The van der Waals surface area contributed by atoms with E-state index in [1.807, 2.05) is 0 Å². The molecule has 3 amide bonds. The Labute approximate surface area is 155 Å². The summed E-state index contributed by atoms with van der Waals surface area (Å²) >= 11 is 0. The molecule has 4 N–H and O–H groups in total. The maximum Gasteiger partial charge on any atom is 0.261 e. The summed E-state index contributed by atoms with van der Waals surface area (Å²) in [5, 5.41) is 4.97. The van der Waals surface area contributed by atoms with Crippen molar-refractivity contribution in [1.82, 2.24) is 15.5 Å². The standard InChI is InChI=1S/C18H22F2N4O3/c19-18(20,6-7-21)10-22-8-11-2-1-3-12-13(11)9-24(17(12)27)14-4-5-15(25)23-16(14)26/h1-3,14,22H,4-10,21H2,(H,23,25,26). The second-order valence-electron chi connectivity index (χ2n) is 6.84. The fraction of sp³-hybridized carbons (Fsp3) is 0.500. The molecule has 0 aromatic heterocycles. The van der Waals surface area contributed by atoms with Gasteiger partial charge in [-0.15, -0.1) is 0 Å². The molecule has 0 radical (unpaired) electrons. The third-order valence-electron chi connectivity index (χ3n) is 4.89. The van der Waals surface area contributed by atoms with E-state index < -0.39 is 30.8 Å². The molecule has 27 heavy (non-hydrogen) atoms. The van der Waals surface area contributed by atoms with Crippen molar-refractivity contribution in [1.29, 1.82) is 0 Å². The molecule has 2 heterocycles. The lowest BCUT2D eigenvalue weighted by molar-refractivity contribution is -0.136. The van der Waals surface area contributed by atoms with Crippen LogP contribution in [0.2, 0.25) is 0 Å².